The fourth-order valence-corrected chi connectivity index (χ4v) is 6.89. The third kappa shape index (κ3) is 3.20. The van der Waals surface area contributed by atoms with Gasteiger partial charge in [0.15, 0.2) is 11.5 Å². The van der Waals surface area contributed by atoms with Gasteiger partial charge in [0.1, 0.15) is 0 Å². The molecule has 170 valence electrons. The van der Waals surface area contributed by atoms with E-state index in [0.29, 0.717) is 24.5 Å². The Morgan fingerprint density at radius 2 is 1.70 bits per heavy atom. The molecule has 7 nitrogen and oxygen atoms in total. The van der Waals surface area contributed by atoms with Crippen LogP contribution in [0.3, 0.4) is 0 Å². The summed E-state index contributed by atoms with van der Waals surface area (Å²) in [5.74, 6) is 1.51. The minimum absolute atomic E-state index is 0.00544. The molecule has 1 fully saturated rings. The van der Waals surface area contributed by atoms with E-state index in [1.54, 1.807) is 24.3 Å². The molecule has 0 aromatic heterocycles. The number of hydrogen-bond donors (Lipinski definition) is 1. The summed E-state index contributed by atoms with van der Waals surface area (Å²) in [6, 6.07) is 21.9. The average molecular weight is 465 g/mol. The van der Waals surface area contributed by atoms with Gasteiger partial charge in [0.2, 0.25) is 6.79 Å². The lowest BCUT2D eigenvalue weighted by molar-refractivity contribution is -0.0477. The summed E-state index contributed by atoms with van der Waals surface area (Å²) in [4.78, 5) is 2.48. The van der Waals surface area contributed by atoms with E-state index in [0.717, 1.165) is 16.9 Å². The Kier molecular flexibility index (Phi) is 4.83. The van der Waals surface area contributed by atoms with Crippen molar-refractivity contribution in [2.45, 2.75) is 29.4 Å². The number of benzene rings is 3. The van der Waals surface area contributed by atoms with Gasteiger partial charge in [0.25, 0.3) is 10.0 Å². The fourth-order valence-electron chi connectivity index (χ4n) is 5.36. The molecule has 0 saturated carbocycles. The minimum Gasteiger partial charge on any atom is -0.454 e. The maximum absolute atomic E-state index is 13.6. The standard InChI is InChI=1S/C25H24N2O5S/c28-15-22-25-19-8-4-5-9-20(19)27(33(29,30)18-6-2-1-3-7-18)14-21(25)26(22)13-17-10-11-23-24(12-17)32-16-31-23/h1-12,21-22,25,28H,13-16H2/t21-,22+,25+/m0/s1. The van der Waals surface area contributed by atoms with Crippen molar-refractivity contribution < 1.29 is 23.0 Å². The molecule has 0 amide bonds. The van der Waals surface area contributed by atoms with E-state index in [1.165, 1.54) is 4.31 Å². The summed E-state index contributed by atoms with van der Waals surface area (Å²) in [5, 5.41) is 10.2. The van der Waals surface area contributed by atoms with Crippen molar-refractivity contribution >= 4 is 15.7 Å². The highest BCUT2D eigenvalue weighted by atomic mass is 32.2. The molecule has 3 aliphatic heterocycles. The van der Waals surface area contributed by atoms with Gasteiger partial charge in [0, 0.05) is 24.5 Å². The van der Waals surface area contributed by atoms with E-state index in [1.807, 2.05) is 48.5 Å². The highest BCUT2D eigenvalue weighted by molar-refractivity contribution is 7.92. The quantitative estimate of drug-likeness (QED) is 0.626. The summed E-state index contributed by atoms with van der Waals surface area (Å²) in [6.07, 6.45) is 0. The van der Waals surface area contributed by atoms with E-state index in [2.05, 4.69) is 4.90 Å². The van der Waals surface area contributed by atoms with Crippen LogP contribution in [0.4, 0.5) is 5.69 Å². The first-order valence-electron chi connectivity index (χ1n) is 11.0. The highest BCUT2D eigenvalue weighted by Crippen LogP contribution is 2.50. The van der Waals surface area contributed by atoms with Crippen LogP contribution in [0, 0.1) is 0 Å². The Bertz CT molecular complexity index is 1300. The maximum atomic E-state index is 13.6. The van der Waals surface area contributed by atoms with Gasteiger partial charge in [-0.05, 0) is 41.5 Å². The topological polar surface area (TPSA) is 79.3 Å². The number of para-hydroxylation sites is 1. The molecule has 3 atom stereocenters. The number of ether oxygens (including phenoxy) is 2. The lowest BCUT2D eigenvalue weighted by atomic mass is 9.72. The molecule has 3 aliphatic rings. The van der Waals surface area contributed by atoms with Crippen LogP contribution in [0.1, 0.15) is 17.0 Å². The van der Waals surface area contributed by atoms with E-state index < -0.39 is 10.0 Å². The minimum atomic E-state index is -3.72. The van der Waals surface area contributed by atoms with Crippen LogP contribution in [0.25, 0.3) is 0 Å². The van der Waals surface area contributed by atoms with Crippen molar-refractivity contribution in [2.75, 3.05) is 24.2 Å². The molecule has 0 unspecified atom stereocenters. The summed E-state index contributed by atoms with van der Waals surface area (Å²) in [7, 11) is -3.72. The van der Waals surface area contributed by atoms with E-state index >= 15 is 0 Å². The van der Waals surface area contributed by atoms with Gasteiger partial charge in [-0.3, -0.25) is 9.21 Å². The van der Waals surface area contributed by atoms with E-state index in [-0.39, 0.29) is 36.3 Å². The lowest BCUT2D eigenvalue weighted by Crippen LogP contribution is -2.68. The molecule has 0 bridgehead atoms. The molecular weight excluding hydrogens is 440 g/mol. The van der Waals surface area contributed by atoms with Crippen LogP contribution in [0.5, 0.6) is 11.5 Å². The lowest BCUT2D eigenvalue weighted by Gasteiger charge is -2.59. The Balaban J connectivity index is 1.36. The first kappa shape index (κ1) is 20.5. The Morgan fingerprint density at radius 1 is 0.939 bits per heavy atom. The molecule has 0 radical (unpaired) electrons. The summed E-state index contributed by atoms with van der Waals surface area (Å²) in [5.41, 5.74) is 2.70. The van der Waals surface area contributed by atoms with Crippen molar-refractivity contribution in [1.29, 1.82) is 0 Å². The molecule has 0 spiro atoms. The molecule has 33 heavy (non-hydrogen) atoms. The van der Waals surface area contributed by atoms with Crippen molar-refractivity contribution in [1.82, 2.24) is 4.90 Å². The molecular formula is C25H24N2O5S. The third-order valence-corrected chi connectivity index (χ3v) is 8.71. The molecule has 6 rings (SSSR count). The van der Waals surface area contributed by atoms with Gasteiger partial charge in [-0.15, -0.1) is 0 Å². The monoisotopic (exact) mass is 464 g/mol. The summed E-state index contributed by atoms with van der Waals surface area (Å²) in [6.45, 7) is 1.14. The molecule has 1 N–H and O–H groups in total. The zero-order chi connectivity index (χ0) is 22.6. The average Bonchev–Trinajstić information content (AvgIpc) is 3.31. The fraction of sp³-hybridized carbons (Fsp3) is 0.280. The van der Waals surface area contributed by atoms with Crippen molar-refractivity contribution in [3.63, 3.8) is 0 Å². The van der Waals surface area contributed by atoms with Crippen molar-refractivity contribution in [3.05, 3.63) is 83.9 Å². The molecule has 3 heterocycles. The first-order valence-corrected chi connectivity index (χ1v) is 12.4. The zero-order valence-corrected chi connectivity index (χ0v) is 18.7. The predicted molar refractivity (Wildman–Crippen MR) is 123 cm³/mol. The van der Waals surface area contributed by atoms with Crippen LogP contribution in [-0.2, 0) is 16.6 Å². The second kappa shape index (κ2) is 7.76. The van der Waals surface area contributed by atoms with Crippen LogP contribution < -0.4 is 13.8 Å². The number of nitrogens with zero attached hydrogens (tertiary/aromatic N) is 2. The SMILES string of the molecule is O=S(=O)(c1ccccc1)N1C[C@H]2[C@@H](c3ccccc31)[C@@H](CO)N2Cc1ccc2c(c1)OCO2. The molecule has 8 heteroatoms. The highest BCUT2D eigenvalue weighted by Gasteiger charge is 2.54. The third-order valence-electron chi connectivity index (χ3n) is 6.92. The Labute approximate surface area is 192 Å². The van der Waals surface area contributed by atoms with E-state index in [4.69, 9.17) is 9.47 Å². The number of aliphatic hydroxyl groups excluding tert-OH is 1. The maximum Gasteiger partial charge on any atom is 0.264 e. The largest absolute Gasteiger partial charge is 0.454 e. The molecule has 0 aliphatic carbocycles. The molecule has 3 aromatic rings. The Morgan fingerprint density at radius 3 is 2.52 bits per heavy atom. The number of aliphatic hydroxyl groups is 1. The smallest absolute Gasteiger partial charge is 0.264 e. The molecule has 1 saturated heterocycles. The van der Waals surface area contributed by atoms with Crippen molar-refractivity contribution in [2.24, 2.45) is 0 Å². The van der Waals surface area contributed by atoms with Crippen LogP contribution in [0.15, 0.2) is 77.7 Å². The van der Waals surface area contributed by atoms with Gasteiger partial charge >= 0.3 is 0 Å². The van der Waals surface area contributed by atoms with Gasteiger partial charge in [-0.25, -0.2) is 8.42 Å². The first-order chi connectivity index (χ1) is 16.1. The Hall–Kier alpha value is -3.07. The van der Waals surface area contributed by atoms with Gasteiger partial charge in [-0.1, -0.05) is 42.5 Å². The predicted octanol–water partition coefficient (Wildman–Crippen LogP) is 2.95. The van der Waals surface area contributed by atoms with Crippen LogP contribution in [0.2, 0.25) is 0 Å². The number of hydrogen-bond acceptors (Lipinski definition) is 6. The number of sulfonamides is 1. The number of anilines is 1. The van der Waals surface area contributed by atoms with Crippen LogP contribution in [-0.4, -0.2) is 50.5 Å². The van der Waals surface area contributed by atoms with Gasteiger partial charge in [-0.2, -0.15) is 0 Å². The second-order valence-corrected chi connectivity index (χ2v) is 10.5. The van der Waals surface area contributed by atoms with Crippen molar-refractivity contribution in [3.8, 4) is 11.5 Å². The van der Waals surface area contributed by atoms with Gasteiger partial charge < -0.3 is 14.6 Å². The zero-order valence-electron chi connectivity index (χ0n) is 17.9. The van der Waals surface area contributed by atoms with Gasteiger partial charge in [0.05, 0.1) is 23.7 Å². The number of likely N-dealkylation sites (tertiary alicyclic amines) is 1. The number of rotatable bonds is 5. The number of fused-ring (bicyclic) bond motifs is 4. The summed E-state index contributed by atoms with van der Waals surface area (Å²) < 4.78 is 39.6. The normalized spacial score (nSPS) is 23.5. The van der Waals surface area contributed by atoms with E-state index in [9.17, 15) is 13.5 Å². The second-order valence-electron chi connectivity index (χ2n) is 8.61. The molecule has 3 aromatic carbocycles. The summed E-state index contributed by atoms with van der Waals surface area (Å²) >= 11 is 0. The van der Waals surface area contributed by atoms with Crippen LogP contribution >= 0.6 is 0 Å².